The first kappa shape index (κ1) is 24.8. The lowest BCUT2D eigenvalue weighted by atomic mass is 9.33. The second kappa shape index (κ2) is 7.12. The Labute approximate surface area is 206 Å². The smallest absolute Gasteiger partial charge is 0.309 e. The van der Waals surface area contributed by atoms with E-state index in [1.54, 1.807) is 0 Å². The normalized spacial score (nSPS) is 56.3. The number of aliphatic hydroxyl groups excluding tert-OH is 2. The molecule has 0 amide bonds. The molecule has 4 saturated carbocycles. The van der Waals surface area contributed by atoms with E-state index >= 15 is 0 Å². The number of carbonyl (C=O) groups is 1. The van der Waals surface area contributed by atoms with E-state index in [1.165, 1.54) is 12.0 Å². The van der Waals surface area contributed by atoms with Gasteiger partial charge in [-0.2, -0.15) is 0 Å². The number of carboxylic acid groups (broad SMARTS) is 1. The fraction of sp³-hybridized carbons (Fsp3) is 0.900. The molecule has 192 valence electrons. The first-order valence-electron chi connectivity index (χ1n) is 13.9. The van der Waals surface area contributed by atoms with Crippen LogP contribution in [0, 0.1) is 50.2 Å². The van der Waals surface area contributed by atoms with Crippen molar-refractivity contribution in [2.24, 2.45) is 50.2 Å². The van der Waals surface area contributed by atoms with Gasteiger partial charge in [0.05, 0.1) is 17.6 Å². The van der Waals surface area contributed by atoms with Crippen molar-refractivity contribution in [2.45, 2.75) is 118 Å². The Balaban J connectivity index is 1.59. The monoisotopic (exact) mass is 472 g/mol. The van der Waals surface area contributed by atoms with Gasteiger partial charge in [0, 0.05) is 5.41 Å². The molecule has 4 nitrogen and oxygen atoms in total. The number of aliphatic carboxylic acids is 1. The van der Waals surface area contributed by atoms with Gasteiger partial charge in [-0.05, 0) is 104 Å². The Morgan fingerprint density at radius 3 is 2.15 bits per heavy atom. The third-order valence-electron chi connectivity index (χ3n) is 13.4. The number of aliphatic hydroxyl groups is 2. The summed E-state index contributed by atoms with van der Waals surface area (Å²) in [4.78, 5) is 12.3. The molecule has 0 aliphatic heterocycles. The van der Waals surface area contributed by atoms with Gasteiger partial charge in [-0.15, -0.1) is 0 Å². The van der Waals surface area contributed by atoms with Gasteiger partial charge in [-0.3, -0.25) is 4.79 Å². The van der Waals surface area contributed by atoms with E-state index in [-0.39, 0.29) is 39.1 Å². The summed E-state index contributed by atoms with van der Waals surface area (Å²) in [5.41, 5.74) is 0.706. The highest BCUT2D eigenvalue weighted by Crippen LogP contribution is 2.75. The predicted octanol–water partition coefficient (Wildman–Crippen LogP) is 6.20. The number of rotatable bonds is 1. The van der Waals surface area contributed by atoms with Crippen LogP contribution in [-0.4, -0.2) is 33.5 Å². The van der Waals surface area contributed by atoms with Crippen LogP contribution in [0.1, 0.15) is 106 Å². The Hall–Kier alpha value is -0.870. The fourth-order valence-electron chi connectivity index (χ4n) is 10.6. The van der Waals surface area contributed by atoms with Crippen molar-refractivity contribution in [1.29, 1.82) is 0 Å². The van der Waals surface area contributed by atoms with Crippen LogP contribution in [0.3, 0.4) is 0 Å². The summed E-state index contributed by atoms with van der Waals surface area (Å²) >= 11 is 0. The molecule has 0 heterocycles. The van der Waals surface area contributed by atoms with Gasteiger partial charge in [0.15, 0.2) is 0 Å². The Morgan fingerprint density at radius 2 is 1.50 bits per heavy atom. The van der Waals surface area contributed by atoms with Crippen LogP contribution in [-0.2, 0) is 4.79 Å². The van der Waals surface area contributed by atoms with Crippen molar-refractivity contribution in [1.82, 2.24) is 0 Å². The maximum atomic E-state index is 12.3. The van der Waals surface area contributed by atoms with E-state index in [9.17, 15) is 20.1 Å². The highest BCUT2D eigenvalue weighted by Gasteiger charge is 2.69. The van der Waals surface area contributed by atoms with Crippen molar-refractivity contribution in [3.8, 4) is 0 Å². The van der Waals surface area contributed by atoms with E-state index < -0.39 is 17.5 Å². The molecule has 5 rings (SSSR count). The first-order valence-corrected chi connectivity index (χ1v) is 13.9. The van der Waals surface area contributed by atoms with E-state index in [1.807, 2.05) is 6.92 Å². The molecule has 10 atom stereocenters. The van der Waals surface area contributed by atoms with Gasteiger partial charge in [-0.25, -0.2) is 0 Å². The van der Waals surface area contributed by atoms with Crippen LogP contribution >= 0.6 is 0 Å². The molecule has 3 N–H and O–H groups in total. The molecular formula is C30H48O4. The number of hydrogen-bond acceptors (Lipinski definition) is 3. The lowest BCUT2D eigenvalue weighted by Crippen LogP contribution is -2.65. The molecule has 34 heavy (non-hydrogen) atoms. The van der Waals surface area contributed by atoms with Crippen molar-refractivity contribution in [2.75, 3.05) is 0 Å². The third-order valence-corrected chi connectivity index (χ3v) is 13.4. The van der Waals surface area contributed by atoms with Crippen LogP contribution in [0.25, 0.3) is 0 Å². The SMILES string of the molecule is CC1(C(=O)O)CC(O)[C@]2(C)CC[C@]3(C)C(=CCC4[C@@]5(C)CCC(O)C(C)(C)C5CC[C@]43C)[C@@H]2C1. The van der Waals surface area contributed by atoms with Crippen LogP contribution in [0.4, 0.5) is 0 Å². The summed E-state index contributed by atoms with van der Waals surface area (Å²) in [6.45, 7) is 16.2. The van der Waals surface area contributed by atoms with Gasteiger partial charge < -0.3 is 15.3 Å². The zero-order chi connectivity index (χ0) is 25.1. The second-order valence-corrected chi connectivity index (χ2v) is 15.0. The van der Waals surface area contributed by atoms with E-state index in [0.717, 1.165) is 38.5 Å². The molecule has 0 radical (unpaired) electrons. The van der Waals surface area contributed by atoms with Crippen molar-refractivity contribution < 1.29 is 20.1 Å². The zero-order valence-corrected chi connectivity index (χ0v) is 22.6. The molecule has 5 aliphatic rings. The summed E-state index contributed by atoms with van der Waals surface area (Å²) < 4.78 is 0. The van der Waals surface area contributed by atoms with Crippen molar-refractivity contribution in [3.05, 3.63) is 11.6 Å². The molecule has 0 spiro atoms. The number of hydrogen-bond donors (Lipinski definition) is 3. The molecule has 0 aromatic carbocycles. The minimum absolute atomic E-state index is 0.0325. The lowest BCUT2D eigenvalue weighted by Gasteiger charge is -2.71. The highest BCUT2D eigenvalue weighted by molar-refractivity contribution is 5.74. The molecule has 5 aliphatic carbocycles. The Morgan fingerprint density at radius 1 is 0.824 bits per heavy atom. The van der Waals surface area contributed by atoms with Gasteiger partial charge in [-0.1, -0.05) is 53.2 Å². The second-order valence-electron chi connectivity index (χ2n) is 15.0. The number of allylic oxidation sites excluding steroid dienone is 2. The lowest BCUT2D eigenvalue weighted by molar-refractivity contribution is -0.208. The van der Waals surface area contributed by atoms with Gasteiger partial charge >= 0.3 is 5.97 Å². The number of fused-ring (bicyclic) bond motifs is 7. The van der Waals surface area contributed by atoms with Crippen LogP contribution in [0.15, 0.2) is 11.6 Å². The molecule has 0 aromatic heterocycles. The van der Waals surface area contributed by atoms with E-state index in [4.69, 9.17) is 0 Å². The summed E-state index contributed by atoms with van der Waals surface area (Å²) in [7, 11) is 0. The molecule has 4 fully saturated rings. The molecule has 0 saturated heterocycles. The average Bonchev–Trinajstić information content (AvgIpc) is 2.73. The summed E-state index contributed by atoms with van der Waals surface area (Å²) in [5, 5.41) is 32.2. The van der Waals surface area contributed by atoms with E-state index in [0.29, 0.717) is 24.7 Å². The highest BCUT2D eigenvalue weighted by atomic mass is 16.4. The Bertz CT molecular complexity index is 923. The molecule has 4 heteroatoms. The molecule has 0 bridgehead atoms. The zero-order valence-electron chi connectivity index (χ0n) is 22.6. The van der Waals surface area contributed by atoms with Gasteiger partial charge in [0.25, 0.3) is 0 Å². The van der Waals surface area contributed by atoms with Crippen LogP contribution in [0.5, 0.6) is 0 Å². The van der Waals surface area contributed by atoms with Crippen molar-refractivity contribution >= 4 is 5.97 Å². The third kappa shape index (κ3) is 2.82. The maximum absolute atomic E-state index is 12.3. The minimum atomic E-state index is -0.867. The topological polar surface area (TPSA) is 77.8 Å². The van der Waals surface area contributed by atoms with Gasteiger partial charge in [0.2, 0.25) is 0 Å². The predicted molar refractivity (Wildman–Crippen MR) is 134 cm³/mol. The minimum Gasteiger partial charge on any atom is -0.481 e. The largest absolute Gasteiger partial charge is 0.481 e. The van der Waals surface area contributed by atoms with Crippen LogP contribution in [0.2, 0.25) is 0 Å². The quantitative estimate of drug-likeness (QED) is 0.397. The standard InChI is InChI=1S/C30H48O4/c1-25(2)20-10-13-30(7)21(28(20,5)12-11-22(25)31)9-8-18-19-16-26(3,24(33)34)17-23(32)27(19,4)14-15-29(18,30)6/h8,19-23,31-32H,9-17H2,1-7H3,(H,33,34)/t19-,20?,21?,22?,23?,26?,27+,28-,29+,30+/m0/s1. The Kier molecular flexibility index (Phi) is 5.20. The summed E-state index contributed by atoms with van der Waals surface area (Å²) in [5.74, 6) is 0.463. The number of carboxylic acids is 1. The summed E-state index contributed by atoms with van der Waals surface area (Å²) in [6, 6.07) is 0. The molecule has 5 unspecified atom stereocenters. The van der Waals surface area contributed by atoms with Crippen molar-refractivity contribution in [3.63, 3.8) is 0 Å². The molecular weight excluding hydrogens is 424 g/mol. The van der Waals surface area contributed by atoms with Gasteiger partial charge in [0.1, 0.15) is 0 Å². The summed E-state index contributed by atoms with van der Waals surface area (Å²) in [6.07, 6.45) is 10.1. The fourth-order valence-corrected chi connectivity index (χ4v) is 10.6. The average molecular weight is 473 g/mol. The van der Waals surface area contributed by atoms with E-state index in [2.05, 4.69) is 47.6 Å². The van der Waals surface area contributed by atoms with Crippen LogP contribution < -0.4 is 0 Å². The maximum Gasteiger partial charge on any atom is 0.309 e. The molecule has 0 aromatic rings. The first-order chi connectivity index (χ1) is 15.6.